The number of aromatic nitrogens is 3. The first kappa shape index (κ1) is 31.6. The molecule has 11 nitrogen and oxygen atoms in total. The zero-order valence-electron chi connectivity index (χ0n) is 26.3. The number of phenols is 1. The van der Waals surface area contributed by atoms with Gasteiger partial charge in [-0.05, 0) is 67.8 Å². The number of ether oxygens (including phenoxy) is 2. The first-order valence-electron chi connectivity index (χ1n) is 15.5. The van der Waals surface area contributed by atoms with Gasteiger partial charge in [0.2, 0.25) is 0 Å². The van der Waals surface area contributed by atoms with Crippen molar-refractivity contribution in [3.63, 3.8) is 0 Å². The summed E-state index contributed by atoms with van der Waals surface area (Å²) in [6.45, 7) is 5.08. The number of carbonyl (C=O) groups is 1. The van der Waals surface area contributed by atoms with Crippen molar-refractivity contribution in [1.82, 2.24) is 25.2 Å². The molecule has 13 heteroatoms. The summed E-state index contributed by atoms with van der Waals surface area (Å²) in [5.74, 6) is -0.940. The lowest BCUT2D eigenvalue weighted by molar-refractivity contribution is 0.0447. The summed E-state index contributed by atoms with van der Waals surface area (Å²) in [4.78, 5) is 29.3. The molecule has 2 aliphatic heterocycles. The number of piperidine rings is 1. The number of likely N-dealkylation sites (N-methyl/N-ethyl adjacent to an activating group) is 1. The number of aryl methyl sites for hydroxylation is 1. The van der Waals surface area contributed by atoms with Gasteiger partial charge in [-0.15, -0.1) is 0 Å². The van der Waals surface area contributed by atoms with Gasteiger partial charge in [-0.1, -0.05) is 13.0 Å². The number of hydrogen-bond donors (Lipinski definition) is 3. The maximum absolute atomic E-state index is 16.7. The van der Waals surface area contributed by atoms with E-state index in [4.69, 9.17) is 9.47 Å². The van der Waals surface area contributed by atoms with E-state index in [0.29, 0.717) is 66.3 Å². The molecule has 4 heterocycles. The first-order valence-corrected chi connectivity index (χ1v) is 15.5. The Morgan fingerprint density at radius 3 is 2.78 bits per heavy atom. The molecule has 2 saturated heterocycles. The molecule has 0 saturated carbocycles. The Morgan fingerprint density at radius 2 is 2.04 bits per heavy atom. The van der Waals surface area contributed by atoms with Crippen molar-refractivity contribution in [2.75, 3.05) is 45.2 Å². The Balaban J connectivity index is 1.44. The van der Waals surface area contributed by atoms with Gasteiger partial charge in [0.25, 0.3) is 0 Å². The number of nitrogens with zero attached hydrogens (tertiary/aromatic N) is 5. The number of fused-ring (bicyclic) bond motifs is 2. The minimum Gasteiger partial charge on any atom is -0.508 e. The van der Waals surface area contributed by atoms with Gasteiger partial charge < -0.3 is 29.9 Å². The summed E-state index contributed by atoms with van der Waals surface area (Å²) in [7, 11) is 3.40. The zero-order valence-corrected chi connectivity index (χ0v) is 26.3. The molecule has 1 amide bonds. The monoisotopic (exact) mass is 636 g/mol. The van der Waals surface area contributed by atoms with E-state index in [1.165, 1.54) is 31.4 Å². The van der Waals surface area contributed by atoms with Gasteiger partial charge in [0, 0.05) is 50.9 Å². The summed E-state index contributed by atoms with van der Waals surface area (Å²) in [5, 5.41) is 25.2. The number of alkyl carbamates (subject to hydrolysis) is 1. The van der Waals surface area contributed by atoms with Gasteiger partial charge >= 0.3 is 12.1 Å². The number of carbonyl (C=O) groups excluding carboxylic acids is 1. The highest BCUT2D eigenvalue weighted by molar-refractivity contribution is 6.01. The lowest BCUT2D eigenvalue weighted by atomic mass is 9.94. The van der Waals surface area contributed by atoms with Crippen molar-refractivity contribution in [1.29, 1.82) is 0 Å². The molecule has 0 unspecified atom stereocenters. The number of rotatable bonds is 7. The molecule has 0 radical (unpaired) electrons. The maximum atomic E-state index is 16.7. The summed E-state index contributed by atoms with van der Waals surface area (Å²) in [6, 6.07) is 5.59. The number of amides is 1. The fraction of sp³-hybridized carbons (Fsp3) is 0.455. The summed E-state index contributed by atoms with van der Waals surface area (Å²) in [5.41, 5.74) is -0.503. The number of likely N-dealkylation sites (tertiary alicyclic amines) is 1. The van der Waals surface area contributed by atoms with Crippen LogP contribution in [0, 0.1) is 11.6 Å². The zero-order chi connectivity index (χ0) is 32.7. The van der Waals surface area contributed by atoms with Gasteiger partial charge in [-0.3, -0.25) is 9.88 Å². The summed E-state index contributed by atoms with van der Waals surface area (Å²) in [6.07, 6.45) is 2.84. The van der Waals surface area contributed by atoms with Crippen LogP contribution in [-0.4, -0.2) is 94.2 Å². The Kier molecular flexibility index (Phi) is 8.55. The van der Waals surface area contributed by atoms with Crippen molar-refractivity contribution < 1.29 is 33.3 Å². The lowest BCUT2D eigenvalue weighted by Crippen LogP contribution is -2.46. The SMILES string of the molecule is CCc1c(F)ccc2cc(O)cc(-c3ncc4c(N5CCC[C@](C)(O)C5)nc(OC[C@@H]5C[C@@H](OC(=O)NC)CN5C)nc4c3F)c12. The highest BCUT2D eigenvalue weighted by Crippen LogP contribution is 2.39. The molecule has 2 fully saturated rings. The minimum atomic E-state index is -0.976. The topological polar surface area (TPSA) is 133 Å². The Bertz CT molecular complexity index is 1800. The Morgan fingerprint density at radius 1 is 1.24 bits per heavy atom. The summed E-state index contributed by atoms with van der Waals surface area (Å²) < 4.78 is 43.1. The largest absolute Gasteiger partial charge is 0.508 e. The number of β-amino-alcohol motifs (C(OH)–C–C–N with tert-alkyl or cyclic N) is 1. The molecule has 0 bridgehead atoms. The lowest BCUT2D eigenvalue weighted by Gasteiger charge is -2.37. The molecular weight excluding hydrogens is 598 g/mol. The van der Waals surface area contributed by atoms with Crippen molar-refractivity contribution in [2.45, 2.75) is 57.3 Å². The maximum Gasteiger partial charge on any atom is 0.407 e. The number of benzene rings is 2. The van der Waals surface area contributed by atoms with Gasteiger partial charge in [-0.25, -0.2) is 13.6 Å². The average Bonchev–Trinajstić information content (AvgIpc) is 3.37. The molecule has 4 aromatic rings. The average molecular weight is 637 g/mol. The number of anilines is 1. The van der Waals surface area contributed by atoms with Gasteiger partial charge in [0.15, 0.2) is 5.82 Å². The second-order valence-electron chi connectivity index (χ2n) is 12.4. The third-order valence-electron chi connectivity index (χ3n) is 8.91. The molecule has 2 aromatic heterocycles. The Hall–Kier alpha value is -4.36. The highest BCUT2D eigenvalue weighted by atomic mass is 19.1. The molecule has 3 atom stereocenters. The molecule has 46 heavy (non-hydrogen) atoms. The number of aliphatic hydroxyl groups is 1. The van der Waals surface area contributed by atoms with Crippen LogP contribution >= 0.6 is 0 Å². The van der Waals surface area contributed by atoms with Crippen molar-refractivity contribution >= 4 is 33.6 Å². The summed E-state index contributed by atoms with van der Waals surface area (Å²) >= 11 is 0. The van der Waals surface area contributed by atoms with Gasteiger partial charge in [0.1, 0.15) is 41.3 Å². The van der Waals surface area contributed by atoms with Crippen LogP contribution in [0.4, 0.5) is 19.4 Å². The molecule has 2 aromatic carbocycles. The normalized spacial score (nSPS) is 22.0. The van der Waals surface area contributed by atoms with Crippen LogP contribution in [0.25, 0.3) is 32.9 Å². The third-order valence-corrected chi connectivity index (χ3v) is 8.91. The smallest absolute Gasteiger partial charge is 0.407 e. The van der Waals surface area contributed by atoms with Crippen molar-refractivity contribution in [3.8, 4) is 23.0 Å². The predicted molar refractivity (Wildman–Crippen MR) is 169 cm³/mol. The molecule has 6 rings (SSSR count). The van der Waals surface area contributed by atoms with Gasteiger partial charge in [0.05, 0.1) is 11.0 Å². The van der Waals surface area contributed by atoms with Crippen molar-refractivity contribution in [2.24, 2.45) is 0 Å². The van der Waals surface area contributed by atoms with Crippen molar-refractivity contribution in [3.05, 3.63) is 47.7 Å². The van der Waals surface area contributed by atoms with E-state index < -0.39 is 23.3 Å². The molecule has 0 spiro atoms. The van der Waals surface area contributed by atoms with E-state index in [1.54, 1.807) is 13.0 Å². The number of hydrogen-bond acceptors (Lipinski definition) is 10. The molecule has 244 valence electrons. The fourth-order valence-electron chi connectivity index (χ4n) is 6.64. The van der Waals surface area contributed by atoms with Crippen LogP contribution in [0.2, 0.25) is 0 Å². The van der Waals surface area contributed by atoms with Crippen LogP contribution < -0.4 is 15.0 Å². The second-order valence-corrected chi connectivity index (χ2v) is 12.4. The second kappa shape index (κ2) is 12.4. The van der Waals surface area contributed by atoms with E-state index in [-0.39, 0.29) is 53.8 Å². The number of aromatic hydroxyl groups is 1. The van der Waals surface area contributed by atoms with E-state index in [9.17, 15) is 19.4 Å². The van der Waals surface area contributed by atoms with Crippen LogP contribution in [0.1, 0.15) is 38.7 Å². The predicted octanol–water partition coefficient (Wildman–Crippen LogP) is 4.55. The van der Waals surface area contributed by atoms with Crippen LogP contribution in [-0.2, 0) is 11.2 Å². The minimum absolute atomic E-state index is 0.0539. The number of phenolic OH excluding ortho intramolecular Hbond substituents is 1. The number of halogens is 2. The van der Waals surface area contributed by atoms with Crippen LogP contribution in [0.15, 0.2) is 30.5 Å². The van der Waals surface area contributed by atoms with Crippen LogP contribution in [0.3, 0.4) is 0 Å². The van der Waals surface area contributed by atoms with E-state index in [1.807, 2.05) is 23.8 Å². The number of nitrogens with one attached hydrogen (secondary N) is 1. The standard InChI is InChI=1S/C33H38F2N6O5/c1-5-22-25(34)8-7-18-11-20(42)13-23(26(18)22)28-27(35)29-24(14-37-28)30(41-10-6-9-33(2,44)17-41)39-31(38-29)45-16-19-12-21(15-40(19)4)46-32(43)36-3/h7-8,11,13-14,19,21,42,44H,5-6,9-10,12,15-17H2,1-4H3,(H,36,43)/t19-,21+,33-/m0/s1. The Labute approximate surface area is 265 Å². The van der Waals surface area contributed by atoms with E-state index >= 15 is 4.39 Å². The molecule has 3 N–H and O–H groups in total. The van der Waals surface area contributed by atoms with E-state index in [2.05, 4.69) is 20.3 Å². The third kappa shape index (κ3) is 6.08. The highest BCUT2D eigenvalue weighted by Gasteiger charge is 2.34. The molecular formula is C33H38F2N6O5. The van der Waals surface area contributed by atoms with Crippen LogP contribution in [0.5, 0.6) is 11.8 Å². The molecule has 0 aliphatic carbocycles. The van der Waals surface area contributed by atoms with Gasteiger partial charge in [-0.2, -0.15) is 9.97 Å². The first-order chi connectivity index (χ1) is 22.0. The fourth-order valence-corrected chi connectivity index (χ4v) is 6.64. The number of pyridine rings is 1. The van der Waals surface area contributed by atoms with E-state index in [0.717, 1.165) is 0 Å². The molecule has 2 aliphatic rings. The quantitative estimate of drug-likeness (QED) is 0.265.